The highest BCUT2D eigenvalue weighted by molar-refractivity contribution is 5.93. The molecule has 1 amide bonds. The molecule has 1 aliphatic rings. The van der Waals surface area contributed by atoms with Crippen molar-refractivity contribution in [3.05, 3.63) is 76.9 Å². The molecule has 8 heteroatoms. The van der Waals surface area contributed by atoms with Crippen molar-refractivity contribution in [1.29, 1.82) is 0 Å². The van der Waals surface area contributed by atoms with Crippen LogP contribution in [0.15, 0.2) is 48.5 Å². The minimum atomic E-state index is -0.336. The fraction of sp³-hybridized carbons (Fsp3) is 0.250. The first kappa shape index (κ1) is 18.1. The smallest absolute Gasteiger partial charge is 0.274 e. The number of hydrogen-bond donors (Lipinski definition) is 1. The molecule has 28 heavy (non-hydrogen) atoms. The lowest BCUT2D eigenvalue weighted by atomic mass is 10.1. The molecule has 0 radical (unpaired) electrons. The molecule has 0 saturated heterocycles. The number of methoxy groups -OCH3 is 1. The number of nitrogens with zero attached hydrogens (tertiary/aromatic N) is 3. The Morgan fingerprint density at radius 1 is 1.25 bits per heavy atom. The molecule has 1 aliphatic heterocycles. The van der Waals surface area contributed by atoms with Gasteiger partial charge in [-0.15, -0.1) is 5.10 Å². The SMILES string of the molecule is COc1ccc([C@@H]2Cn3nnc(C(=O)NCc4ccc(F)cc4)c3CO2)cc1. The molecule has 0 fully saturated rings. The third-order valence-electron chi connectivity index (χ3n) is 4.67. The third-order valence-corrected chi connectivity index (χ3v) is 4.67. The lowest BCUT2D eigenvalue weighted by molar-refractivity contribution is -0.00179. The molecule has 0 saturated carbocycles. The summed E-state index contributed by atoms with van der Waals surface area (Å²) in [5, 5.41) is 10.9. The number of ether oxygens (including phenoxy) is 2. The highest BCUT2D eigenvalue weighted by Gasteiger charge is 2.27. The van der Waals surface area contributed by atoms with Gasteiger partial charge in [0.15, 0.2) is 5.69 Å². The normalized spacial score (nSPS) is 15.7. The maximum Gasteiger partial charge on any atom is 0.274 e. The van der Waals surface area contributed by atoms with Crippen LogP contribution in [0.3, 0.4) is 0 Å². The van der Waals surface area contributed by atoms with Gasteiger partial charge in [-0.25, -0.2) is 9.07 Å². The molecule has 1 aromatic heterocycles. The summed E-state index contributed by atoms with van der Waals surface area (Å²) in [6, 6.07) is 13.6. The molecule has 144 valence electrons. The lowest BCUT2D eigenvalue weighted by Crippen LogP contribution is -2.27. The molecule has 0 aliphatic carbocycles. The zero-order chi connectivity index (χ0) is 19.5. The van der Waals surface area contributed by atoms with Gasteiger partial charge in [0.25, 0.3) is 5.91 Å². The maximum absolute atomic E-state index is 13.0. The number of carbonyl (C=O) groups excluding carboxylic acids is 1. The predicted molar refractivity (Wildman–Crippen MR) is 98.1 cm³/mol. The number of aromatic nitrogens is 3. The van der Waals surface area contributed by atoms with Gasteiger partial charge in [-0.1, -0.05) is 29.5 Å². The molecule has 2 aromatic carbocycles. The summed E-state index contributed by atoms with van der Waals surface area (Å²) < 4.78 is 25.8. The molecule has 2 heterocycles. The first-order chi connectivity index (χ1) is 13.6. The van der Waals surface area contributed by atoms with E-state index in [0.29, 0.717) is 12.2 Å². The number of carbonyl (C=O) groups is 1. The van der Waals surface area contributed by atoms with Gasteiger partial charge in [-0.3, -0.25) is 4.79 Å². The maximum atomic E-state index is 13.0. The molecule has 0 bridgehead atoms. The van der Waals surface area contributed by atoms with E-state index < -0.39 is 0 Å². The molecule has 0 unspecified atom stereocenters. The van der Waals surface area contributed by atoms with Gasteiger partial charge in [0.05, 0.1) is 26.0 Å². The second kappa shape index (κ2) is 7.77. The number of hydrogen-bond acceptors (Lipinski definition) is 5. The summed E-state index contributed by atoms with van der Waals surface area (Å²) in [6.07, 6.45) is -0.171. The molecular weight excluding hydrogens is 363 g/mol. The highest BCUT2D eigenvalue weighted by atomic mass is 19.1. The van der Waals surface area contributed by atoms with Gasteiger partial charge in [-0.05, 0) is 35.4 Å². The summed E-state index contributed by atoms with van der Waals surface area (Å²) in [7, 11) is 1.62. The summed E-state index contributed by atoms with van der Waals surface area (Å²) >= 11 is 0. The number of amides is 1. The van der Waals surface area contributed by atoms with Crippen LogP contribution in [0.2, 0.25) is 0 Å². The van der Waals surface area contributed by atoms with Crippen molar-refractivity contribution in [1.82, 2.24) is 20.3 Å². The Balaban J connectivity index is 1.42. The highest BCUT2D eigenvalue weighted by Crippen LogP contribution is 2.28. The van der Waals surface area contributed by atoms with Crippen molar-refractivity contribution in [2.24, 2.45) is 0 Å². The van der Waals surface area contributed by atoms with Crippen molar-refractivity contribution >= 4 is 5.91 Å². The molecule has 1 N–H and O–H groups in total. The standard InChI is InChI=1S/C20H19FN4O3/c1-27-16-8-4-14(5-9-16)18-11-25-17(12-28-18)19(23-24-25)20(26)22-10-13-2-6-15(21)7-3-13/h2-9,18H,10-12H2,1H3,(H,22,26)/t18-/m0/s1. The second-order valence-electron chi connectivity index (χ2n) is 6.45. The van der Waals surface area contributed by atoms with E-state index in [4.69, 9.17) is 9.47 Å². The molecular formula is C20H19FN4O3. The van der Waals surface area contributed by atoms with E-state index in [-0.39, 0.29) is 36.7 Å². The molecule has 7 nitrogen and oxygen atoms in total. The summed E-state index contributed by atoms with van der Waals surface area (Å²) in [6.45, 7) is 0.990. The Kier molecular flexibility index (Phi) is 5.03. The van der Waals surface area contributed by atoms with Crippen LogP contribution < -0.4 is 10.1 Å². The Labute approximate surface area is 161 Å². The molecule has 1 atom stereocenters. The minimum absolute atomic E-state index is 0.171. The summed E-state index contributed by atoms with van der Waals surface area (Å²) in [4.78, 5) is 12.5. The monoisotopic (exact) mass is 382 g/mol. The Hall–Kier alpha value is -3.26. The van der Waals surface area contributed by atoms with Gasteiger partial charge in [0.2, 0.25) is 0 Å². The van der Waals surface area contributed by atoms with Gasteiger partial charge in [0.1, 0.15) is 17.7 Å². The van der Waals surface area contributed by atoms with E-state index in [1.165, 1.54) is 12.1 Å². The minimum Gasteiger partial charge on any atom is -0.497 e. The van der Waals surface area contributed by atoms with Crippen LogP contribution in [0, 0.1) is 5.82 Å². The lowest BCUT2D eigenvalue weighted by Gasteiger charge is -2.24. The van der Waals surface area contributed by atoms with E-state index in [2.05, 4.69) is 15.6 Å². The van der Waals surface area contributed by atoms with Crippen molar-refractivity contribution in [3.63, 3.8) is 0 Å². The zero-order valence-corrected chi connectivity index (χ0v) is 15.3. The number of nitrogens with one attached hydrogen (secondary N) is 1. The van der Waals surface area contributed by atoms with E-state index in [1.807, 2.05) is 24.3 Å². The summed E-state index contributed by atoms with van der Waals surface area (Å²) in [5.74, 6) is 0.129. The number of halogens is 1. The van der Waals surface area contributed by atoms with Crippen LogP contribution in [0.4, 0.5) is 4.39 Å². The number of fused-ring (bicyclic) bond motifs is 1. The fourth-order valence-electron chi connectivity index (χ4n) is 3.08. The van der Waals surface area contributed by atoms with Crippen LogP contribution in [-0.2, 0) is 24.4 Å². The largest absolute Gasteiger partial charge is 0.497 e. The van der Waals surface area contributed by atoms with Crippen molar-refractivity contribution in [2.45, 2.75) is 25.8 Å². The van der Waals surface area contributed by atoms with Crippen LogP contribution >= 0.6 is 0 Å². The fourth-order valence-corrected chi connectivity index (χ4v) is 3.08. The van der Waals surface area contributed by atoms with Crippen LogP contribution in [0.25, 0.3) is 0 Å². The predicted octanol–water partition coefficient (Wildman–Crippen LogP) is 2.63. The average Bonchev–Trinajstić information content (AvgIpc) is 3.16. The van der Waals surface area contributed by atoms with Crippen LogP contribution in [-0.4, -0.2) is 28.0 Å². The topological polar surface area (TPSA) is 78.3 Å². The first-order valence-electron chi connectivity index (χ1n) is 8.84. The van der Waals surface area contributed by atoms with Gasteiger partial charge in [-0.2, -0.15) is 0 Å². The quantitative estimate of drug-likeness (QED) is 0.734. The average molecular weight is 382 g/mol. The van der Waals surface area contributed by atoms with E-state index in [1.54, 1.807) is 23.9 Å². The van der Waals surface area contributed by atoms with Crippen molar-refractivity contribution in [2.75, 3.05) is 7.11 Å². The van der Waals surface area contributed by atoms with Crippen molar-refractivity contribution in [3.8, 4) is 5.75 Å². The Bertz CT molecular complexity index is 970. The number of rotatable bonds is 5. The number of benzene rings is 2. The second-order valence-corrected chi connectivity index (χ2v) is 6.45. The van der Waals surface area contributed by atoms with Gasteiger partial charge < -0.3 is 14.8 Å². The zero-order valence-electron chi connectivity index (χ0n) is 15.3. The van der Waals surface area contributed by atoms with E-state index >= 15 is 0 Å². The van der Waals surface area contributed by atoms with Crippen LogP contribution in [0.5, 0.6) is 5.75 Å². The third kappa shape index (κ3) is 3.72. The molecule has 3 aromatic rings. The molecule has 4 rings (SSSR count). The van der Waals surface area contributed by atoms with Crippen molar-refractivity contribution < 1.29 is 18.7 Å². The summed E-state index contributed by atoms with van der Waals surface area (Å²) in [5.41, 5.74) is 2.69. The van der Waals surface area contributed by atoms with E-state index in [0.717, 1.165) is 16.9 Å². The van der Waals surface area contributed by atoms with Crippen LogP contribution in [0.1, 0.15) is 33.4 Å². The first-order valence-corrected chi connectivity index (χ1v) is 8.84. The van der Waals surface area contributed by atoms with E-state index in [9.17, 15) is 9.18 Å². The Morgan fingerprint density at radius 3 is 2.71 bits per heavy atom. The van der Waals surface area contributed by atoms with Gasteiger partial charge in [0, 0.05) is 6.54 Å². The van der Waals surface area contributed by atoms with Gasteiger partial charge >= 0.3 is 0 Å². The molecule has 0 spiro atoms. The Morgan fingerprint density at radius 2 is 2.00 bits per heavy atom.